The number of carbonyl (C=O) groups is 1. The number of carboxylic acid groups (broad SMARTS) is 1. The molecule has 4 heteroatoms. The molecular formula is C17H17ClO3. The smallest absolute Gasteiger partial charge is 0.345 e. The van der Waals surface area contributed by atoms with Crippen molar-refractivity contribution in [3.63, 3.8) is 0 Å². The topological polar surface area (TPSA) is 46.5 Å². The molecule has 2 aromatic carbocycles. The van der Waals surface area contributed by atoms with Gasteiger partial charge in [-0.15, -0.1) is 0 Å². The molecule has 0 aliphatic rings. The Morgan fingerprint density at radius 2 is 1.71 bits per heavy atom. The maximum atomic E-state index is 11.4. The predicted octanol–water partition coefficient (Wildman–Crippen LogP) is 4.03. The lowest BCUT2D eigenvalue weighted by atomic mass is 10.1. The first-order chi connectivity index (χ1) is 9.94. The van der Waals surface area contributed by atoms with E-state index in [0.717, 1.165) is 16.7 Å². The first kappa shape index (κ1) is 15.4. The summed E-state index contributed by atoms with van der Waals surface area (Å²) >= 11 is 5.83. The average Bonchev–Trinajstić information content (AvgIpc) is 2.39. The van der Waals surface area contributed by atoms with Crippen molar-refractivity contribution in [2.75, 3.05) is 0 Å². The van der Waals surface area contributed by atoms with Gasteiger partial charge in [0.25, 0.3) is 0 Å². The van der Waals surface area contributed by atoms with Crippen molar-refractivity contribution >= 4 is 17.6 Å². The van der Waals surface area contributed by atoms with Gasteiger partial charge in [0.1, 0.15) is 5.75 Å². The second-order valence-corrected chi connectivity index (χ2v) is 5.54. The minimum atomic E-state index is -0.982. The summed E-state index contributed by atoms with van der Waals surface area (Å²) < 4.78 is 5.64. The summed E-state index contributed by atoms with van der Waals surface area (Å²) in [4.78, 5) is 11.4. The third kappa shape index (κ3) is 4.50. The Morgan fingerprint density at radius 1 is 1.14 bits per heavy atom. The van der Waals surface area contributed by atoms with Gasteiger partial charge in [0.05, 0.1) is 0 Å². The summed E-state index contributed by atoms with van der Waals surface area (Å²) in [6, 6.07) is 12.8. The van der Waals surface area contributed by atoms with Crippen LogP contribution in [0, 0.1) is 13.8 Å². The molecule has 110 valence electrons. The van der Waals surface area contributed by atoms with Gasteiger partial charge < -0.3 is 9.84 Å². The quantitative estimate of drug-likeness (QED) is 0.907. The minimum Gasteiger partial charge on any atom is -0.478 e. The number of hydrogen-bond acceptors (Lipinski definition) is 2. The number of carboxylic acids is 1. The molecule has 0 heterocycles. The van der Waals surface area contributed by atoms with Crippen LogP contribution < -0.4 is 4.74 Å². The number of rotatable bonds is 5. The first-order valence-corrected chi connectivity index (χ1v) is 7.04. The lowest BCUT2D eigenvalue weighted by molar-refractivity contribution is -0.145. The molecule has 0 aliphatic heterocycles. The van der Waals surface area contributed by atoms with Crippen LogP contribution in [-0.2, 0) is 11.2 Å². The van der Waals surface area contributed by atoms with Gasteiger partial charge in [-0.25, -0.2) is 4.79 Å². The highest BCUT2D eigenvalue weighted by molar-refractivity contribution is 6.30. The highest BCUT2D eigenvalue weighted by Crippen LogP contribution is 2.19. The summed E-state index contributed by atoms with van der Waals surface area (Å²) in [7, 11) is 0. The average molecular weight is 305 g/mol. The van der Waals surface area contributed by atoms with Crippen LogP contribution in [0.1, 0.15) is 16.7 Å². The van der Waals surface area contributed by atoms with E-state index < -0.39 is 12.1 Å². The first-order valence-electron chi connectivity index (χ1n) is 6.66. The van der Waals surface area contributed by atoms with Crippen LogP contribution in [-0.4, -0.2) is 17.2 Å². The monoisotopic (exact) mass is 304 g/mol. The van der Waals surface area contributed by atoms with Gasteiger partial charge in [-0.05, 0) is 54.8 Å². The number of aliphatic carboxylic acids is 1. The summed E-state index contributed by atoms with van der Waals surface area (Å²) in [6.45, 7) is 3.91. The lowest BCUT2D eigenvalue weighted by Crippen LogP contribution is -2.29. The summed E-state index contributed by atoms with van der Waals surface area (Å²) in [5.74, 6) is -0.405. The Morgan fingerprint density at radius 3 is 2.24 bits per heavy atom. The number of aryl methyl sites for hydroxylation is 2. The van der Waals surface area contributed by atoms with E-state index in [1.807, 2.05) is 44.2 Å². The number of halogens is 1. The van der Waals surface area contributed by atoms with E-state index in [2.05, 4.69) is 0 Å². The molecule has 0 saturated heterocycles. The Balaban J connectivity index is 2.15. The van der Waals surface area contributed by atoms with Crippen LogP contribution in [0.5, 0.6) is 5.75 Å². The number of hydrogen-bond donors (Lipinski definition) is 1. The minimum absolute atomic E-state index is 0.291. The number of ether oxygens (including phenoxy) is 1. The third-order valence-corrected chi connectivity index (χ3v) is 3.34. The van der Waals surface area contributed by atoms with Crippen LogP contribution in [0.3, 0.4) is 0 Å². The molecule has 2 rings (SSSR count). The van der Waals surface area contributed by atoms with Gasteiger partial charge in [-0.3, -0.25) is 0 Å². The second-order valence-electron chi connectivity index (χ2n) is 5.10. The van der Waals surface area contributed by atoms with Gasteiger partial charge >= 0.3 is 5.97 Å². The molecule has 21 heavy (non-hydrogen) atoms. The highest BCUT2D eigenvalue weighted by Gasteiger charge is 2.20. The van der Waals surface area contributed by atoms with Crippen molar-refractivity contribution in [2.24, 2.45) is 0 Å². The molecule has 0 aromatic heterocycles. The summed E-state index contributed by atoms with van der Waals surface area (Å²) in [5.41, 5.74) is 2.96. The van der Waals surface area contributed by atoms with Crippen LogP contribution in [0.15, 0.2) is 42.5 Å². The van der Waals surface area contributed by atoms with E-state index in [1.165, 1.54) is 0 Å². The molecule has 1 atom stereocenters. The maximum Gasteiger partial charge on any atom is 0.345 e. The van der Waals surface area contributed by atoms with Crippen molar-refractivity contribution in [3.05, 3.63) is 64.2 Å². The molecule has 0 aliphatic carbocycles. The lowest BCUT2D eigenvalue weighted by Gasteiger charge is -2.16. The van der Waals surface area contributed by atoms with Crippen molar-refractivity contribution in [2.45, 2.75) is 26.4 Å². The summed E-state index contributed by atoms with van der Waals surface area (Å²) in [6.07, 6.45) is -0.633. The second kappa shape index (κ2) is 6.64. The summed E-state index contributed by atoms with van der Waals surface area (Å²) in [5, 5.41) is 9.96. The maximum absolute atomic E-state index is 11.4. The predicted molar refractivity (Wildman–Crippen MR) is 83.1 cm³/mol. The van der Waals surface area contributed by atoms with Crippen LogP contribution in [0.4, 0.5) is 0 Å². The molecule has 0 saturated carbocycles. The van der Waals surface area contributed by atoms with Crippen molar-refractivity contribution in [1.29, 1.82) is 0 Å². The Labute approximate surface area is 129 Å². The Hall–Kier alpha value is -2.00. The van der Waals surface area contributed by atoms with Crippen LogP contribution >= 0.6 is 11.6 Å². The highest BCUT2D eigenvalue weighted by atomic mass is 35.5. The van der Waals surface area contributed by atoms with Gasteiger partial charge in [0, 0.05) is 11.4 Å². The van der Waals surface area contributed by atoms with E-state index in [1.54, 1.807) is 12.1 Å². The van der Waals surface area contributed by atoms with Crippen molar-refractivity contribution in [1.82, 2.24) is 0 Å². The molecule has 0 unspecified atom stereocenters. The molecule has 0 bridgehead atoms. The van der Waals surface area contributed by atoms with Crippen LogP contribution in [0.25, 0.3) is 0 Å². The number of benzene rings is 2. The molecular weight excluding hydrogens is 288 g/mol. The van der Waals surface area contributed by atoms with Gasteiger partial charge in [-0.1, -0.05) is 29.8 Å². The fourth-order valence-corrected chi connectivity index (χ4v) is 2.31. The van der Waals surface area contributed by atoms with E-state index in [9.17, 15) is 9.90 Å². The molecule has 2 aromatic rings. The van der Waals surface area contributed by atoms with Gasteiger partial charge in [0.2, 0.25) is 0 Å². The fourth-order valence-electron chi connectivity index (χ4n) is 2.18. The largest absolute Gasteiger partial charge is 0.478 e. The van der Waals surface area contributed by atoms with Gasteiger partial charge in [-0.2, -0.15) is 0 Å². The van der Waals surface area contributed by atoms with E-state index >= 15 is 0 Å². The standard InChI is InChI=1S/C17H17ClO3/c1-11-7-12(2)9-15(8-11)21-16(17(19)20)10-13-3-5-14(18)6-4-13/h3-9,16H,10H2,1-2H3,(H,19,20)/t16-/m1/s1. The van der Waals surface area contributed by atoms with Crippen LogP contribution in [0.2, 0.25) is 5.02 Å². The molecule has 0 fully saturated rings. The molecule has 0 amide bonds. The molecule has 3 nitrogen and oxygen atoms in total. The van der Waals surface area contributed by atoms with E-state index in [0.29, 0.717) is 17.2 Å². The fraction of sp³-hybridized carbons (Fsp3) is 0.235. The molecule has 1 N–H and O–H groups in total. The SMILES string of the molecule is Cc1cc(C)cc(O[C@H](Cc2ccc(Cl)cc2)C(=O)O)c1. The zero-order valence-corrected chi connectivity index (χ0v) is 12.7. The van der Waals surface area contributed by atoms with Crippen molar-refractivity contribution in [3.8, 4) is 5.75 Å². The zero-order chi connectivity index (χ0) is 15.4. The Kier molecular flexibility index (Phi) is 4.86. The Bertz CT molecular complexity index is 615. The van der Waals surface area contributed by atoms with Gasteiger partial charge in [0.15, 0.2) is 6.10 Å². The molecule has 0 radical (unpaired) electrons. The van der Waals surface area contributed by atoms with E-state index in [-0.39, 0.29) is 0 Å². The zero-order valence-electron chi connectivity index (χ0n) is 12.0. The molecule has 0 spiro atoms. The normalized spacial score (nSPS) is 12.0. The van der Waals surface area contributed by atoms with Crippen molar-refractivity contribution < 1.29 is 14.6 Å². The van der Waals surface area contributed by atoms with E-state index in [4.69, 9.17) is 16.3 Å². The third-order valence-electron chi connectivity index (χ3n) is 3.08.